The smallest absolute Gasteiger partial charge is 0.230 e. The standard InChI is InChI=1S/C16H13ClN2O2/c1-20-13-7-5-10(6-8-13)14-15(19-21-16(14)18)11-3-2-4-12(17)9-11/h2-9H,18H2,1H3. The summed E-state index contributed by atoms with van der Waals surface area (Å²) in [6, 6.07) is 15.0. The molecule has 0 aliphatic rings. The number of aromatic nitrogens is 1. The van der Waals surface area contributed by atoms with Crippen LogP contribution in [0.3, 0.4) is 0 Å². The number of rotatable bonds is 3. The molecule has 4 nitrogen and oxygen atoms in total. The van der Waals surface area contributed by atoms with Gasteiger partial charge < -0.3 is 15.0 Å². The lowest BCUT2D eigenvalue weighted by molar-refractivity contribution is 0.415. The van der Waals surface area contributed by atoms with Crippen molar-refractivity contribution in [1.29, 1.82) is 0 Å². The van der Waals surface area contributed by atoms with Crippen LogP contribution in [-0.2, 0) is 0 Å². The molecule has 0 saturated heterocycles. The molecule has 21 heavy (non-hydrogen) atoms. The number of nitrogen functional groups attached to an aromatic ring is 1. The van der Waals surface area contributed by atoms with Crippen molar-refractivity contribution in [2.24, 2.45) is 0 Å². The van der Waals surface area contributed by atoms with Gasteiger partial charge in [0.2, 0.25) is 5.88 Å². The zero-order chi connectivity index (χ0) is 14.8. The van der Waals surface area contributed by atoms with Crippen LogP contribution in [0.4, 0.5) is 5.88 Å². The Balaban J connectivity index is 2.12. The van der Waals surface area contributed by atoms with Gasteiger partial charge in [0, 0.05) is 10.6 Å². The Hall–Kier alpha value is -2.46. The van der Waals surface area contributed by atoms with Crippen molar-refractivity contribution < 1.29 is 9.26 Å². The Labute approximate surface area is 127 Å². The SMILES string of the molecule is COc1ccc(-c2c(-c3cccc(Cl)c3)noc2N)cc1. The number of nitrogens with zero attached hydrogens (tertiary/aromatic N) is 1. The van der Waals surface area contributed by atoms with E-state index in [4.69, 9.17) is 26.6 Å². The minimum atomic E-state index is 0.273. The highest BCUT2D eigenvalue weighted by molar-refractivity contribution is 6.30. The lowest BCUT2D eigenvalue weighted by Gasteiger charge is -2.05. The summed E-state index contributed by atoms with van der Waals surface area (Å²) in [5.74, 6) is 1.05. The zero-order valence-corrected chi connectivity index (χ0v) is 12.1. The fourth-order valence-electron chi connectivity index (χ4n) is 2.17. The van der Waals surface area contributed by atoms with Gasteiger partial charge in [-0.1, -0.05) is 41.0 Å². The van der Waals surface area contributed by atoms with E-state index < -0.39 is 0 Å². The maximum atomic E-state index is 6.03. The van der Waals surface area contributed by atoms with Crippen LogP contribution in [0.1, 0.15) is 0 Å². The number of methoxy groups -OCH3 is 1. The first-order chi connectivity index (χ1) is 10.2. The predicted molar refractivity (Wildman–Crippen MR) is 83.3 cm³/mol. The van der Waals surface area contributed by atoms with Crippen LogP contribution in [0.2, 0.25) is 5.02 Å². The van der Waals surface area contributed by atoms with Gasteiger partial charge in [-0.05, 0) is 29.8 Å². The topological polar surface area (TPSA) is 61.3 Å². The molecule has 2 N–H and O–H groups in total. The van der Waals surface area contributed by atoms with Gasteiger partial charge in [0.05, 0.1) is 12.7 Å². The van der Waals surface area contributed by atoms with Gasteiger partial charge in [-0.3, -0.25) is 0 Å². The molecule has 0 aliphatic carbocycles. The molecule has 0 atom stereocenters. The molecule has 0 bridgehead atoms. The van der Waals surface area contributed by atoms with E-state index in [9.17, 15) is 0 Å². The van der Waals surface area contributed by atoms with E-state index >= 15 is 0 Å². The Bertz CT molecular complexity index is 766. The van der Waals surface area contributed by atoms with Gasteiger partial charge in [0.25, 0.3) is 0 Å². The van der Waals surface area contributed by atoms with E-state index in [1.165, 1.54) is 0 Å². The third-order valence-corrected chi connectivity index (χ3v) is 3.43. The lowest BCUT2D eigenvalue weighted by Crippen LogP contribution is -1.88. The quantitative estimate of drug-likeness (QED) is 0.785. The summed E-state index contributed by atoms with van der Waals surface area (Å²) < 4.78 is 10.3. The van der Waals surface area contributed by atoms with Crippen LogP contribution >= 0.6 is 11.6 Å². The third kappa shape index (κ3) is 2.58. The largest absolute Gasteiger partial charge is 0.497 e. The first-order valence-electron chi connectivity index (χ1n) is 6.34. The van der Waals surface area contributed by atoms with E-state index in [2.05, 4.69) is 5.16 Å². The van der Waals surface area contributed by atoms with Crippen LogP contribution in [0.15, 0.2) is 53.1 Å². The number of benzene rings is 2. The molecule has 0 spiro atoms. The van der Waals surface area contributed by atoms with Crippen LogP contribution in [0.5, 0.6) is 5.75 Å². The van der Waals surface area contributed by atoms with Gasteiger partial charge in [-0.15, -0.1) is 0 Å². The van der Waals surface area contributed by atoms with Crippen molar-refractivity contribution in [1.82, 2.24) is 5.16 Å². The summed E-state index contributed by atoms with van der Waals surface area (Å²) in [6.45, 7) is 0. The van der Waals surface area contributed by atoms with Crippen molar-refractivity contribution in [2.45, 2.75) is 0 Å². The first kappa shape index (κ1) is 13.5. The summed E-state index contributed by atoms with van der Waals surface area (Å²) in [6.07, 6.45) is 0. The van der Waals surface area contributed by atoms with E-state index in [1.54, 1.807) is 7.11 Å². The van der Waals surface area contributed by atoms with Gasteiger partial charge >= 0.3 is 0 Å². The van der Waals surface area contributed by atoms with Crippen LogP contribution in [-0.4, -0.2) is 12.3 Å². The monoisotopic (exact) mass is 300 g/mol. The molecular weight excluding hydrogens is 288 g/mol. The highest BCUT2D eigenvalue weighted by Gasteiger charge is 2.17. The Morgan fingerprint density at radius 1 is 1.10 bits per heavy atom. The van der Waals surface area contributed by atoms with Gasteiger partial charge in [-0.2, -0.15) is 0 Å². The van der Waals surface area contributed by atoms with Crippen molar-refractivity contribution in [3.63, 3.8) is 0 Å². The molecule has 1 heterocycles. The number of ether oxygens (including phenoxy) is 1. The molecule has 5 heteroatoms. The molecule has 0 radical (unpaired) electrons. The Morgan fingerprint density at radius 2 is 1.86 bits per heavy atom. The van der Waals surface area contributed by atoms with Crippen molar-refractivity contribution in [3.8, 4) is 28.1 Å². The van der Waals surface area contributed by atoms with Crippen molar-refractivity contribution in [3.05, 3.63) is 53.6 Å². The van der Waals surface area contributed by atoms with Crippen LogP contribution in [0, 0.1) is 0 Å². The third-order valence-electron chi connectivity index (χ3n) is 3.20. The average Bonchev–Trinajstić information content (AvgIpc) is 2.89. The summed E-state index contributed by atoms with van der Waals surface area (Å²) in [5, 5.41) is 4.69. The van der Waals surface area contributed by atoms with Crippen LogP contribution < -0.4 is 10.5 Å². The van der Waals surface area contributed by atoms with E-state index in [-0.39, 0.29) is 5.88 Å². The normalized spacial score (nSPS) is 10.6. The lowest BCUT2D eigenvalue weighted by atomic mass is 10.0. The molecular formula is C16H13ClN2O2. The second kappa shape index (κ2) is 5.50. The van der Waals surface area contributed by atoms with Crippen molar-refractivity contribution in [2.75, 3.05) is 12.8 Å². The average molecular weight is 301 g/mol. The Morgan fingerprint density at radius 3 is 2.52 bits per heavy atom. The highest BCUT2D eigenvalue weighted by Crippen LogP contribution is 2.37. The summed E-state index contributed by atoms with van der Waals surface area (Å²) in [5.41, 5.74) is 9.10. The molecule has 0 fully saturated rings. The molecule has 106 valence electrons. The van der Waals surface area contributed by atoms with Gasteiger partial charge in [0.15, 0.2) is 0 Å². The molecule has 0 amide bonds. The number of hydrogen-bond donors (Lipinski definition) is 1. The number of anilines is 1. The van der Waals surface area contributed by atoms with E-state index in [0.717, 1.165) is 22.4 Å². The Kier molecular flexibility index (Phi) is 3.54. The van der Waals surface area contributed by atoms with Gasteiger partial charge in [-0.25, -0.2) is 0 Å². The molecule has 2 aromatic carbocycles. The fraction of sp³-hybridized carbons (Fsp3) is 0.0625. The minimum absolute atomic E-state index is 0.273. The van der Waals surface area contributed by atoms with Crippen molar-refractivity contribution >= 4 is 17.5 Å². The van der Waals surface area contributed by atoms with E-state index in [0.29, 0.717) is 10.7 Å². The number of halogens is 1. The number of hydrogen-bond acceptors (Lipinski definition) is 4. The maximum Gasteiger partial charge on any atom is 0.230 e. The van der Waals surface area contributed by atoms with Crippen LogP contribution in [0.25, 0.3) is 22.4 Å². The summed E-state index contributed by atoms with van der Waals surface area (Å²) in [7, 11) is 1.63. The molecule has 0 saturated carbocycles. The molecule has 0 aliphatic heterocycles. The second-order valence-electron chi connectivity index (χ2n) is 4.51. The number of nitrogens with two attached hydrogens (primary N) is 1. The summed E-state index contributed by atoms with van der Waals surface area (Å²) >= 11 is 6.03. The zero-order valence-electron chi connectivity index (χ0n) is 11.3. The minimum Gasteiger partial charge on any atom is -0.497 e. The molecule has 1 aromatic heterocycles. The maximum absolute atomic E-state index is 6.03. The molecule has 0 unspecified atom stereocenters. The molecule has 3 aromatic rings. The summed E-state index contributed by atoms with van der Waals surface area (Å²) in [4.78, 5) is 0. The second-order valence-corrected chi connectivity index (χ2v) is 4.95. The predicted octanol–water partition coefficient (Wildman–Crippen LogP) is 4.25. The molecule has 3 rings (SSSR count). The van der Waals surface area contributed by atoms with E-state index in [1.807, 2.05) is 48.5 Å². The van der Waals surface area contributed by atoms with Gasteiger partial charge in [0.1, 0.15) is 11.4 Å². The first-order valence-corrected chi connectivity index (χ1v) is 6.72. The highest BCUT2D eigenvalue weighted by atomic mass is 35.5. The fourth-order valence-corrected chi connectivity index (χ4v) is 2.36.